The van der Waals surface area contributed by atoms with Crippen LogP contribution >= 0.6 is 0 Å². The van der Waals surface area contributed by atoms with E-state index in [-0.39, 0.29) is 11.8 Å². The van der Waals surface area contributed by atoms with Crippen molar-refractivity contribution >= 4 is 17.8 Å². The summed E-state index contributed by atoms with van der Waals surface area (Å²) in [5, 5.41) is 11.1. The van der Waals surface area contributed by atoms with Gasteiger partial charge in [-0.15, -0.1) is 0 Å². The Kier molecular flexibility index (Phi) is 4.92. The Morgan fingerprint density at radius 2 is 1.68 bits per heavy atom. The van der Waals surface area contributed by atoms with Gasteiger partial charge >= 0.3 is 5.97 Å². The summed E-state index contributed by atoms with van der Waals surface area (Å²) in [6.45, 7) is 3.12. The molecule has 1 saturated heterocycles. The Labute approximate surface area is 128 Å². The number of carboxylic acid groups (broad SMARTS) is 1. The predicted octanol–water partition coefficient (Wildman–Crippen LogP) is 1.85. The molecule has 0 spiro atoms. The van der Waals surface area contributed by atoms with Crippen LogP contribution < -0.4 is 5.32 Å². The summed E-state index contributed by atoms with van der Waals surface area (Å²) in [7, 11) is 0. The number of aliphatic carboxylic acids is 1. The fourth-order valence-electron chi connectivity index (χ4n) is 2.60. The highest BCUT2D eigenvalue weighted by Crippen LogP contribution is 2.33. The zero-order chi connectivity index (χ0) is 16.2. The third-order valence-corrected chi connectivity index (χ3v) is 4.22. The number of nitrogens with one attached hydrogen (secondary N) is 1. The van der Waals surface area contributed by atoms with Gasteiger partial charge in [0, 0.05) is 13.2 Å². The van der Waals surface area contributed by atoms with E-state index in [0.717, 1.165) is 0 Å². The number of hydrogen-bond acceptors (Lipinski definition) is 4. The molecule has 1 aromatic carbocycles. The summed E-state index contributed by atoms with van der Waals surface area (Å²) in [4.78, 5) is 32.7. The van der Waals surface area contributed by atoms with Crippen LogP contribution in [-0.2, 0) is 9.53 Å². The lowest BCUT2D eigenvalue weighted by Gasteiger charge is -2.31. The van der Waals surface area contributed by atoms with Gasteiger partial charge < -0.3 is 9.84 Å². The molecule has 1 fully saturated rings. The van der Waals surface area contributed by atoms with Gasteiger partial charge in [0.15, 0.2) is 0 Å². The minimum Gasteiger partial charge on any atom is -0.481 e. The number of benzene rings is 1. The van der Waals surface area contributed by atoms with Gasteiger partial charge in [0.1, 0.15) is 0 Å². The standard InChI is InChI=1S/C8H5NO2.C8H14O3/c10-7-5-3-1-2-4-6(5)8(11)9-7;1-2-8(7(9)10)3-5-11-6-4-8/h1-4H,(H,9,10,11);2-6H2,1H3,(H,9,10). The Balaban J connectivity index is 0.000000160. The van der Waals surface area contributed by atoms with E-state index in [2.05, 4.69) is 5.32 Å². The van der Waals surface area contributed by atoms with Gasteiger partial charge in [-0.05, 0) is 31.4 Å². The minimum absolute atomic E-state index is 0.300. The van der Waals surface area contributed by atoms with Crippen LogP contribution in [0, 0.1) is 5.41 Å². The van der Waals surface area contributed by atoms with Crippen LogP contribution in [0.1, 0.15) is 46.9 Å². The van der Waals surface area contributed by atoms with Crippen LogP contribution in [-0.4, -0.2) is 36.1 Å². The first-order chi connectivity index (χ1) is 10.5. The summed E-state index contributed by atoms with van der Waals surface area (Å²) in [5.41, 5.74) is 0.452. The van der Waals surface area contributed by atoms with E-state index in [1.54, 1.807) is 24.3 Å². The van der Waals surface area contributed by atoms with Crippen molar-refractivity contribution in [3.63, 3.8) is 0 Å². The molecule has 0 atom stereocenters. The maximum absolute atomic E-state index is 10.9. The van der Waals surface area contributed by atoms with Gasteiger partial charge in [-0.3, -0.25) is 19.7 Å². The highest BCUT2D eigenvalue weighted by atomic mass is 16.5. The van der Waals surface area contributed by atoms with Crippen molar-refractivity contribution in [3.8, 4) is 0 Å². The summed E-state index contributed by atoms with van der Waals surface area (Å²) in [5.74, 6) is -1.26. The van der Waals surface area contributed by atoms with Gasteiger partial charge in [0.2, 0.25) is 0 Å². The number of imide groups is 1. The van der Waals surface area contributed by atoms with E-state index in [1.165, 1.54) is 0 Å². The zero-order valence-electron chi connectivity index (χ0n) is 12.4. The van der Waals surface area contributed by atoms with E-state index >= 15 is 0 Å². The lowest BCUT2D eigenvalue weighted by Crippen LogP contribution is -2.36. The first kappa shape index (κ1) is 16.2. The number of carboxylic acids is 1. The van der Waals surface area contributed by atoms with Crippen molar-refractivity contribution in [2.24, 2.45) is 5.41 Å². The number of hydrogen-bond donors (Lipinski definition) is 2. The molecule has 0 radical (unpaired) electrons. The number of ether oxygens (including phenoxy) is 1. The summed E-state index contributed by atoms with van der Waals surface area (Å²) < 4.78 is 5.11. The quantitative estimate of drug-likeness (QED) is 0.813. The molecule has 6 nitrogen and oxygen atoms in total. The molecule has 2 heterocycles. The van der Waals surface area contributed by atoms with Crippen LogP contribution in [0.25, 0.3) is 0 Å². The molecule has 2 amide bonds. The third kappa shape index (κ3) is 3.17. The van der Waals surface area contributed by atoms with E-state index in [0.29, 0.717) is 43.6 Å². The van der Waals surface area contributed by atoms with Gasteiger partial charge in [-0.2, -0.15) is 0 Å². The second-order valence-electron chi connectivity index (χ2n) is 5.38. The lowest BCUT2D eigenvalue weighted by molar-refractivity contribution is -0.155. The fraction of sp³-hybridized carbons (Fsp3) is 0.438. The predicted molar refractivity (Wildman–Crippen MR) is 78.7 cm³/mol. The van der Waals surface area contributed by atoms with Gasteiger partial charge in [0.05, 0.1) is 16.5 Å². The van der Waals surface area contributed by atoms with Crippen molar-refractivity contribution in [1.29, 1.82) is 0 Å². The molecule has 6 heteroatoms. The topological polar surface area (TPSA) is 92.7 Å². The van der Waals surface area contributed by atoms with Gasteiger partial charge in [0.25, 0.3) is 11.8 Å². The van der Waals surface area contributed by atoms with Crippen LogP contribution in [0.2, 0.25) is 0 Å². The smallest absolute Gasteiger partial charge is 0.309 e. The average Bonchev–Trinajstić information content (AvgIpc) is 2.84. The molecule has 0 bridgehead atoms. The first-order valence-corrected chi connectivity index (χ1v) is 7.26. The normalized spacial score (nSPS) is 18.8. The van der Waals surface area contributed by atoms with E-state index < -0.39 is 11.4 Å². The maximum atomic E-state index is 10.9. The van der Waals surface area contributed by atoms with E-state index in [9.17, 15) is 14.4 Å². The molecule has 22 heavy (non-hydrogen) atoms. The van der Waals surface area contributed by atoms with E-state index in [1.807, 2.05) is 6.92 Å². The molecule has 118 valence electrons. The van der Waals surface area contributed by atoms with Gasteiger partial charge in [-0.1, -0.05) is 19.1 Å². The highest BCUT2D eigenvalue weighted by Gasteiger charge is 2.38. The zero-order valence-corrected chi connectivity index (χ0v) is 12.4. The largest absolute Gasteiger partial charge is 0.481 e. The molecule has 0 aromatic heterocycles. The van der Waals surface area contributed by atoms with Crippen molar-refractivity contribution in [2.75, 3.05) is 13.2 Å². The van der Waals surface area contributed by atoms with Crippen molar-refractivity contribution < 1.29 is 24.2 Å². The average molecular weight is 305 g/mol. The minimum atomic E-state index is -0.664. The lowest BCUT2D eigenvalue weighted by atomic mass is 9.78. The molecular formula is C16H19NO5. The first-order valence-electron chi connectivity index (χ1n) is 7.26. The van der Waals surface area contributed by atoms with Crippen LogP contribution in [0.5, 0.6) is 0 Å². The molecule has 2 aliphatic rings. The van der Waals surface area contributed by atoms with Gasteiger partial charge in [-0.25, -0.2) is 0 Å². The third-order valence-electron chi connectivity index (χ3n) is 4.22. The van der Waals surface area contributed by atoms with E-state index in [4.69, 9.17) is 9.84 Å². The molecule has 2 aliphatic heterocycles. The second kappa shape index (κ2) is 6.70. The molecule has 0 aliphatic carbocycles. The summed E-state index contributed by atoms with van der Waals surface area (Å²) in [6, 6.07) is 6.74. The SMILES string of the molecule is CCC1(C(=O)O)CCOCC1.O=C1NC(=O)c2ccccc21. The summed E-state index contributed by atoms with van der Waals surface area (Å²) in [6.07, 6.45) is 2.04. The van der Waals surface area contributed by atoms with Crippen molar-refractivity contribution in [3.05, 3.63) is 35.4 Å². The molecule has 0 unspecified atom stereocenters. The Hall–Kier alpha value is -2.21. The Bertz CT molecular complexity index is 557. The molecular weight excluding hydrogens is 286 g/mol. The number of carbonyl (C=O) groups excluding carboxylic acids is 2. The number of carbonyl (C=O) groups is 3. The number of rotatable bonds is 2. The van der Waals surface area contributed by atoms with Crippen molar-refractivity contribution in [2.45, 2.75) is 26.2 Å². The number of amides is 2. The maximum Gasteiger partial charge on any atom is 0.309 e. The van der Waals surface area contributed by atoms with Crippen LogP contribution in [0.15, 0.2) is 24.3 Å². The second-order valence-corrected chi connectivity index (χ2v) is 5.38. The molecule has 1 aromatic rings. The number of fused-ring (bicyclic) bond motifs is 1. The Morgan fingerprint density at radius 3 is 2.05 bits per heavy atom. The fourth-order valence-corrected chi connectivity index (χ4v) is 2.60. The Morgan fingerprint density at radius 1 is 1.18 bits per heavy atom. The van der Waals surface area contributed by atoms with Crippen molar-refractivity contribution in [1.82, 2.24) is 5.32 Å². The summed E-state index contributed by atoms with van der Waals surface area (Å²) >= 11 is 0. The van der Waals surface area contributed by atoms with Crippen LogP contribution in [0.3, 0.4) is 0 Å². The van der Waals surface area contributed by atoms with Crippen LogP contribution in [0.4, 0.5) is 0 Å². The molecule has 0 saturated carbocycles. The monoisotopic (exact) mass is 305 g/mol. The molecule has 2 N–H and O–H groups in total. The highest BCUT2D eigenvalue weighted by molar-refractivity contribution is 6.21. The molecule has 3 rings (SSSR count).